The van der Waals surface area contributed by atoms with Gasteiger partial charge in [0.05, 0.1) is 6.10 Å². The second-order valence-electron chi connectivity index (χ2n) is 12.1. The Morgan fingerprint density at radius 3 is 2.60 bits per heavy atom. The molecule has 1 N–H and O–H groups in total. The molecule has 2 fully saturated rings. The quantitative estimate of drug-likeness (QED) is 0.500. The van der Waals surface area contributed by atoms with E-state index in [1.165, 1.54) is 42.4 Å². The molecule has 2 saturated carbocycles. The molecule has 30 heavy (non-hydrogen) atoms. The Labute approximate surface area is 184 Å². The molecule has 0 saturated heterocycles. The number of aliphatic hydroxyl groups excluding tert-OH is 1. The minimum absolute atomic E-state index is 0.155. The summed E-state index contributed by atoms with van der Waals surface area (Å²) in [5.41, 5.74) is 4.60. The summed E-state index contributed by atoms with van der Waals surface area (Å²) in [6.45, 7) is 16.2. The first kappa shape index (κ1) is 22.3. The van der Waals surface area contributed by atoms with Crippen molar-refractivity contribution in [1.82, 2.24) is 0 Å². The number of hydrogen-bond donors (Lipinski definition) is 1. The highest BCUT2D eigenvalue weighted by atomic mass is 16.3. The van der Waals surface area contributed by atoms with E-state index in [0.29, 0.717) is 35.9 Å². The van der Waals surface area contributed by atoms with Crippen molar-refractivity contribution in [3.05, 3.63) is 23.3 Å². The Bertz CT molecular complexity index is 746. The summed E-state index contributed by atoms with van der Waals surface area (Å²) in [5, 5.41) is 10.2. The number of aliphatic hydroxyl groups is 1. The van der Waals surface area contributed by atoms with E-state index < -0.39 is 0 Å². The van der Waals surface area contributed by atoms with Gasteiger partial charge in [-0.2, -0.15) is 0 Å². The van der Waals surface area contributed by atoms with Crippen LogP contribution in [0.25, 0.3) is 0 Å². The average Bonchev–Trinajstić information content (AvgIpc) is 3.04. The van der Waals surface area contributed by atoms with E-state index in [9.17, 15) is 9.90 Å². The van der Waals surface area contributed by atoms with Crippen LogP contribution in [0.2, 0.25) is 0 Å². The lowest BCUT2D eigenvalue weighted by molar-refractivity contribution is -0.121. The van der Waals surface area contributed by atoms with Crippen molar-refractivity contribution in [1.29, 1.82) is 0 Å². The Morgan fingerprint density at radius 2 is 1.90 bits per heavy atom. The van der Waals surface area contributed by atoms with Crippen molar-refractivity contribution >= 4 is 5.78 Å². The van der Waals surface area contributed by atoms with Crippen molar-refractivity contribution in [2.24, 2.45) is 40.4 Å². The molecule has 0 radical (unpaired) electrons. The smallest absolute Gasteiger partial charge is 0.159 e. The van der Waals surface area contributed by atoms with Crippen molar-refractivity contribution in [2.75, 3.05) is 0 Å². The van der Waals surface area contributed by atoms with E-state index in [1.807, 2.05) is 0 Å². The largest absolute Gasteiger partial charge is 0.393 e. The molecule has 0 amide bonds. The first-order chi connectivity index (χ1) is 14.1. The third kappa shape index (κ3) is 3.46. The third-order valence-electron chi connectivity index (χ3n) is 10.3. The minimum atomic E-state index is -0.204. The van der Waals surface area contributed by atoms with Gasteiger partial charge in [-0.3, -0.25) is 4.79 Å². The van der Waals surface area contributed by atoms with Crippen LogP contribution >= 0.6 is 0 Å². The predicted octanol–water partition coefficient (Wildman–Crippen LogP) is 6.88. The van der Waals surface area contributed by atoms with Crippen LogP contribution in [0.4, 0.5) is 0 Å². The number of ketones is 1. The summed E-state index contributed by atoms with van der Waals surface area (Å²) >= 11 is 0. The van der Waals surface area contributed by atoms with Gasteiger partial charge in [-0.05, 0) is 104 Å². The molecule has 0 aromatic carbocycles. The monoisotopic (exact) mass is 412 g/mol. The molecule has 0 aromatic rings. The first-order valence-corrected chi connectivity index (χ1v) is 12.7. The molecule has 2 nitrogen and oxygen atoms in total. The molecule has 0 spiro atoms. The van der Waals surface area contributed by atoms with Crippen molar-refractivity contribution in [2.45, 2.75) is 105 Å². The zero-order chi connectivity index (χ0) is 21.8. The second-order valence-corrected chi connectivity index (χ2v) is 12.1. The van der Waals surface area contributed by atoms with Gasteiger partial charge in [0.2, 0.25) is 0 Å². The molecule has 0 bridgehead atoms. The molecule has 4 aliphatic carbocycles. The van der Waals surface area contributed by atoms with Gasteiger partial charge in [0.15, 0.2) is 5.78 Å². The molecule has 0 heterocycles. The molecule has 4 rings (SSSR count). The number of rotatable bonds is 5. The molecule has 7 atom stereocenters. The van der Waals surface area contributed by atoms with Crippen molar-refractivity contribution in [3.8, 4) is 0 Å². The second kappa shape index (κ2) is 7.91. The minimum Gasteiger partial charge on any atom is -0.393 e. The normalized spacial score (nSPS) is 42.0. The fourth-order valence-electron chi connectivity index (χ4n) is 8.05. The van der Waals surface area contributed by atoms with Gasteiger partial charge >= 0.3 is 0 Å². The fourth-order valence-corrected chi connectivity index (χ4v) is 8.05. The molecule has 0 aliphatic heterocycles. The lowest BCUT2D eigenvalue weighted by Crippen LogP contribution is -2.48. The van der Waals surface area contributed by atoms with Gasteiger partial charge in [-0.25, -0.2) is 0 Å². The highest BCUT2D eigenvalue weighted by Gasteiger charge is 2.57. The van der Waals surface area contributed by atoms with Crippen LogP contribution < -0.4 is 0 Å². The van der Waals surface area contributed by atoms with Crippen LogP contribution in [0.1, 0.15) is 98.8 Å². The molecular formula is C28H44O2. The van der Waals surface area contributed by atoms with Crippen molar-refractivity contribution in [3.63, 3.8) is 0 Å². The molecule has 0 aromatic heterocycles. The molecule has 4 aliphatic rings. The van der Waals surface area contributed by atoms with Gasteiger partial charge in [-0.15, -0.1) is 0 Å². The zero-order valence-electron chi connectivity index (χ0n) is 20.1. The van der Waals surface area contributed by atoms with Gasteiger partial charge in [-0.1, -0.05) is 52.3 Å². The Morgan fingerprint density at radius 1 is 1.17 bits per heavy atom. The Kier molecular flexibility index (Phi) is 5.88. The van der Waals surface area contributed by atoms with Gasteiger partial charge in [0.1, 0.15) is 0 Å². The van der Waals surface area contributed by atoms with Gasteiger partial charge in [0.25, 0.3) is 0 Å². The number of allylic oxidation sites excluding steroid dienone is 3. The highest BCUT2D eigenvalue weighted by Crippen LogP contribution is 2.65. The fraction of sp³-hybridized carbons (Fsp3) is 0.821. The number of fused-ring (bicyclic) bond motifs is 4. The third-order valence-corrected chi connectivity index (χ3v) is 10.3. The molecule has 168 valence electrons. The zero-order valence-corrected chi connectivity index (χ0v) is 20.1. The van der Waals surface area contributed by atoms with Crippen LogP contribution in [0, 0.1) is 40.4 Å². The maximum atomic E-state index is 13.4. The van der Waals surface area contributed by atoms with Crippen LogP contribution in [0.3, 0.4) is 0 Å². The molecular weight excluding hydrogens is 368 g/mol. The molecule has 1 unspecified atom stereocenters. The summed E-state index contributed by atoms with van der Waals surface area (Å²) in [5.74, 6) is 3.26. The van der Waals surface area contributed by atoms with Crippen LogP contribution in [0.5, 0.6) is 0 Å². The summed E-state index contributed by atoms with van der Waals surface area (Å²) in [6.07, 6.45) is 10.5. The van der Waals surface area contributed by atoms with E-state index in [-0.39, 0.29) is 16.9 Å². The predicted molar refractivity (Wildman–Crippen MR) is 124 cm³/mol. The average molecular weight is 413 g/mol. The maximum absolute atomic E-state index is 13.4. The summed E-state index contributed by atoms with van der Waals surface area (Å²) in [4.78, 5) is 13.4. The van der Waals surface area contributed by atoms with E-state index in [4.69, 9.17) is 0 Å². The van der Waals surface area contributed by atoms with Crippen LogP contribution in [-0.4, -0.2) is 17.0 Å². The summed E-state index contributed by atoms with van der Waals surface area (Å²) < 4.78 is 0. The van der Waals surface area contributed by atoms with E-state index in [2.05, 4.69) is 41.2 Å². The topological polar surface area (TPSA) is 37.3 Å². The standard InChI is InChI=1S/C28H44O2/c1-17(2)18(3)7-8-19(4)22-9-10-23-26-24(12-14-28(22,23)6)27(5)13-11-21(29)15-20(27)16-25(26)30/h17,19-23,29H,3,7-16H2,1-2,4-6H3/t19-,20?,21+,22-,23+,27+,28-/m1/s1. The Balaban J connectivity index is 1.58. The number of carbonyl (C=O) groups is 1. The van der Waals surface area contributed by atoms with Crippen molar-refractivity contribution < 1.29 is 9.90 Å². The van der Waals surface area contributed by atoms with E-state index >= 15 is 0 Å². The van der Waals surface area contributed by atoms with Crippen LogP contribution in [0.15, 0.2) is 23.3 Å². The first-order valence-electron chi connectivity index (χ1n) is 12.7. The number of hydrogen-bond acceptors (Lipinski definition) is 2. The van der Waals surface area contributed by atoms with Crippen LogP contribution in [-0.2, 0) is 4.79 Å². The lowest BCUT2D eigenvalue weighted by Gasteiger charge is -2.54. The van der Waals surface area contributed by atoms with Gasteiger partial charge in [0, 0.05) is 6.42 Å². The maximum Gasteiger partial charge on any atom is 0.159 e. The highest BCUT2D eigenvalue weighted by molar-refractivity contribution is 5.98. The van der Waals surface area contributed by atoms with Gasteiger partial charge < -0.3 is 5.11 Å². The summed E-state index contributed by atoms with van der Waals surface area (Å²) in [6, 6.07) is 0. The number of Topliss-reactive ketones (excluding diaryl/α,β-unsaturated/α-hetero) is 1. The Hall–Kier alpha value is -0.890. The van der Waals surface area contributed by atoms with E-state index in [1.54, 1.807) is 0 Å². The van der Waals surface area contributed by atoms with E-state index in [0.717, 1.165) is 38.0 Å². The number of carbonyl (C=O) groups excluding carboxylic acids is 1. The SMILES string of the molecule is C=C(CC[C@@H](C)[C@H]1CC[C@H]2C3=C(CC[C@]12C)[C@@]1(C)CC[C@H](O)CC1CC3=O)C(C)C. The molecule has 2 heteroatoms. The lowest BCUT2D eigenvalue weighted by atomic mass is 9.50. The summed E-state index contributed by atoms with van der Waals surface area (Å²) in [7, 11) is 0.